The number of nitrogens with one attached hydrogen (secondary N) is 2. The summed E-state index contributed by atoms with van der Waals surface area (Å²) in [4.78, 5) is 19.5. The van der Waals surface area contributed by atoms with E-state index in [4.69, 9.17) is 0 Å². The molecule has 1 saturated heterocycles. The average Bonchev–Trinajstić information content (AvgIpc) is 3.15. The minimum absolute atomic E-state index is 0.0694. The second kappa shape index (κ2) is 7.12. The molecule has 7 heteroatoms. The van der Waals surface area contributed by atoms with Gasteiger partial charge in [0.1, 0.15) is 10.8 Å². The topological polar surface area (TPSA) is 70.2 Å². The molecule has 0 atom stereocenters. The zero-order valence-electron chi connectivity index (χ0n) is 16.3. The summed E-state index contributed by atoms with van der Waals surface area (Å²) >= 11 is 1.58. The number of para-hydroxylation sites is 1. The van der Waals surface area contributed by atoms with Crippen molar-refractivity contribution in [3.8, 4) is 0 Å². The van der Waals surface area contributed by atoms with Gasteiger partial charge in [-0.25, -0.2) is 9.78 Å². The first kappa shape index (κ1) is 18.1. The fraction of sp³-hybridized carbons (Fsp3) is 0.571. The Kier molecular flexibility index (Phi) is 4.59. The summed E-state index contributed by atoms with van der Waals surface area (Å²) in [5, 5.41) is 7.43. The summed E-state index contributed by atoms with van der Waals surface area (Å²) in [6.45, 7) is 4.07. The summed E-state index contributed by atoms with van der Waals surface area (Å²) in [7, 11) is 0. The zero-order valence-corrected chi connectivity index (χ0v) is 17.1. The van der Waals surface area contributed by atoms with Crippen LogP contribution in [0.1, 0.15) is 60.8 Å². The normalized spacial score (nSPS) is 27.1. The lowest BCUT2D eigenvalue weighted by atomic mass is 9.77. The number of likely N-dealkylation sites (tertiary alicyclic amines) is 1. The number of aryl methyl sites for hydroxylation is 1. The van der Waals surface area contributed by atoms with Crippen molar-refractivity contribution >= 4 is 23.3 Å². The molecule has 2 aromatic rings. The van der Waals surface area contributed by atoms with E-state index in [-0.39, 0.29) is 11.6 Å². The Morgan fingerprint density at radius 1 is 1.14 bits per heavy atom. The number of benzene rings is 1. The van der Waals surface area contributed by atoms with Gasteiger partial charge in [-0.15, -0.1) is 0 Å². The van der Waals surface area contributed by atoms with Crippen LogP contribution in [0, 0.1) is 6.92 Å². The second-order valence-electron chi connectivity index (χ2n) is 8.43. The predicted molar refractivity (Wildman–Crippen MR) is 111 cm³/mol. The molecule has 0 bridgehead atoms. The molecule has 1 aromatic heterocycles. The molecular weight excluding hydrogens is 370 g/mol. The molecule has 3 heterocycles. The third-order valence-electron chi connectivity index (χ3n) is 6.80. The van der Waals surface area contributed by atoms with Crippen LogP contribution in [0.4, 0.5) is 10.5 Å². The highest BCUT2D eigenvalue weighted by molar-refractivity contribution is 7.05. The van der Waals surface area contributed by atoms with Gasteiger partial charge in [-0.3, -0.25) is 0 Å². The number of nitrogens with zero attached hydrogens (tertiary/aromatic N) is 3. The molecule has 1 aliphatic carbocycles. The van der Waals surface area contributed by atoms with E-state index in [0.717, 1.165) is 37.4 Å². The summed E-state index contributed by atoms with van der Waals surface area (Å²) in [6, 6.07) is 8.83. The fourth-order valence-corrected chi connectivity index (χ4v) is 6.10. The number of fused-ring (bicyclic) bond motifs is 2. The van der Waals surface area contributed by atoms with Crippen LogP contribution in [-0.2, 0) is 5.54 Å². The van der Waals surface area contributed by atoms with Gasteiger partial charge in [-0.1, -0.05) is 18.2 Å². The van der Waals surface area contributed by atoms with Crippen molar-refractivity contribution in [1.29, 1.82) is 0 Å². The lowest BCUT2D eigenvalue weighted by Crippen LogP contribution is -2.58. The first-order chi connectivity index (χ1) is 13.6. The molecule has 2 N–H and O–H groups in total. The molecule has 2 fully saturated rings. The maximum atomic E-state index is 12.2. The highest BCUT2D eigenvalue weighted by Crippen LogP contribution is 2.42. The van der Waals surface area contributed by atoms with E-state index < -0.39 is 0 Å². The SMILES string of the molecule is Cc1nsc(C2CCC(N3CCC4(CC3)NC(=O)Nc3ccccc34)CC2)n1. The number of rotatable bonds is 2. The van der Waals surface area contributed by atoms with E-state index in [1.165, 1.54) is 36.3 Å². The quantitative estimate of drug-likeness (QED) is 0.804. The van der Waals surface area contributed by atoms with Crippen LogP contribution in [0.25, 0.3) is 0 Å². The lowest BCUT2D eigenvalue weighted by molar-refractivity contribution is 0.0795. The van der Waals surface area contributed by atoms with Crippen LogP contribution < -0.4 is 10.6 Å². The van der Waals surface area contributed by atoms with Crippen molar-refractivity contribution in [2.24, 2.45) is 0 Å². The monoisotopic (exact) mass is 397 g/mol. The number of hydrogen-bond donors (Lipinski definition) is 2. The van der Waals surface area contributed by atoms with Crippen molar-refractivity contribution in [3.63, 3.8) is 0 Å². The Labute approximate surface area is 169 Å². The van der Waals surface area contributed by atoms with Crippen molar-refractivity contribution in [1.82, 2.24) is 19.6 Å². The maximum Gasteiger partial charge on any atom is 0.319 e. The van der Waals surface area contributed by atoms with Crippen molar-refractivity contribution in [2.45, 2.75) is 62.9 Å². The molecule has 1 saturated carbocycles. The number of carbonyl (C=O) groups is 1. The van der Waals surface area contributed by atoms with Gasteiger partial charge in [-0.2, -0.15) is 4.37 Å². The van der Waals surface area contributed by atoms with Gasteiger partial charge in [0.25, 0.3) is 0 Å². The summed E-state index contributed by atoms with van der Waals surface area (Å²) in [5.41, 5.74) is 1.99. The highest BCUT2D eigenvalue weighted by atomic mass is 32.1. The molecule has 2 amide bonds. The number of anilines is 1. The van der Waals surface area contributed by atoms with E-state index in [1.54, 1.807) is 11.5 Å². The first-order valence-electron chi connectivity index (χ1n) is 10.4. The molecule has 28 heavy (non-hydrogen) atoms. The first-order valence-corrected chi connectivity index (χ1v) is 11.1. The van der Waals surface area contributed by atoms with Crippen LogP contribution in [0.5, 0.6) is 0 Å². The summed E-state index contributed by atoms with van der Waals surface area (Å²) in [5.74, 6) is 1.50. The van der Waals surface area contributed by atoms with E-state index in [1.807, 2.05) is 19.1 Å². The van der Waals surface area contributed by atoms with Crippen molar-refractivity contribution < 1.29 is 4.79 Å². The molecule has 1 aromatic carbocycles. The molecular formula is C21H27N5OS. The van der Waals surface area contributed by atoms with Crippen LogP contribution in [0.2, 0.25) is 0 Å². The van der Waals surface area contributed by atoms with Crippen molar-refractivity contribution in [2.75, 3.05) is 18.4 Å². The van der Waals surface area contributed by atoms with Gasteiger partial charge in [0.2, 0.25) is 0 Å². The number of aromatic nitrogens is 2. The maximum absolute atomic E-state index is 12.2. The average molecular weight is 398 g/mol. The Morgan fingerprint density at radius 3 is 2.61 bits per heavy atom. The van der Waals surface area contributed by atoms with Crippen LogP contribution in [0.15, 0.2) is 24.3 Å². The minimum atomic E-state index is -0.212. The third kappa shape index (κ3) is 3.20. The lowest BCUT2D eigenvalue weighted by Gasteiger charge is -2.48. The molecule has 5 rings (SSSR count). The number of urea groups is 1. The number of piperidine rings is 1. The Balaban J connectivity index is 1.23. The van der Waals surface area contributed by atoms with E-state index in [2.05, 4.69) is 37.0 Å². The van der Waals surface area contributed by atoms with Gasteiger partial charge in [0.15, 0.2) is 0 Å². The molecule has 0 radical (unpaired) electrons. The molecule has 1 spiro atoms. The third-order valence-corrected chi connectivity index (χ3v) is 7.77. The van der Waals surface area contributed by atoms with Gasteiger partial charge < -0.3 is 15.5 Å². The molecule has 6 nitrogen and oxygen atoms in total. The second-order valence-corrected chi connectivity index (χ2v) is 9.21. The zero-order chi connectivity index (χ0) is 19.1. The standard InChI is InChI=1S/C21H27N5OS/c1-14-22-19(28-25-14)15-6-8-16(9-7-15)26-12-10-21(11-13-26)17-4-2-3-5-18(17)23-20(27)24-21/h2-5,15-16H,6-13H2,1H3,(H2,23,24,27). The van der Waals surface area contributed by atoms with Gasteiger partial charge in [0, 0.05) is 36.3 Å². The van der Waals surface area contributed by atoms with Gasteiger partial charge >= 0.3 is 6.03 Å². The molecule has 148 valence electrons. The minimum Gasteiger partial charge on any atom is -0.328 e. The van der Waals surface area contributed by atoms with Crippen LogP contribution in [-0.4, -0.2) is 39.4 Å². The van der Waals surface area contributed by atoms with Gasteiger partial charge in [-0.05, 0) is 63.0 Å². The summed E-state index contributed by atoms with van der Waals surface area (Å²) in [6.07, 6.45) is 6.86. The van der Waals surface area contributed by atoms with E-state index in [0.29, 0.717) is 12.0 Å². The molecule has 2 aliphatic heterocycles. The van der Waals surface area contributed by atoms with E-state index in [9.17, 15) is 4.79 Å². The number of amides is 2. The fourth-order valence-electron chi connectivity index (χ4n) is 5.28. The Morgan fingerprint density at radius 2 is 1.89 bits per heavy atom. The molecule has 3 aliphatic rings. The van der Waals surface area contributed by atoms with Crippen LogP contribution in [0.3, 0.4) is 0 Å². The van der Waals surface area contributed by atoms with Crippen molar-refractivity contribution in [3.05, 3.63) is 40.7 Å². The molecule has 0 unspecified atom stereocenters. The Hall–Kier alpha value is -1.99. The number of hydrogen-bond acceptors (Lipinski definition) is 5. The van der Waals surface area contributed by atoms with E-state index >= 15 is 0 Å². The Bertz CT molecular complexity index is 865. The predicted octanol–water partition coefficient (Wildman–Crippen LogP) is 4.00. The summed E-state index contributed by atoms with van der Waals surface area (Å²) < 4.78 is 4.35. The van der Waals surface area contributed by atoms with Gasteiger partial charge in [0.05, 0.1) is 5.54 Å². The largest absolute Gasteiger partial charge is 0.328 e. The number of carbonyl (C=O) groups excluding carboxylic acids is 1. The van der Waals surface area contributed by atoms with Crippen LogP contribution >= 0.6 is 11.5 Å². The smallest absolute Gasteiger partial charge is 0.319 e. The highest BCUT2D eigenvalue weighted by Gasteiger charge is 2.43.